The van der Waals surface area contributed by atoms with Gasteiger partial charge in [-0.25, -0.2) is 9.36 Å². The maximum atomic E-state index is 12.6. The van der Waals surface area contributed by atoms with Gasteiger partial charge in [-0.15, -0.1) is 0 Å². The zero-order valence-corrected chi connectivity index (χ0v) is 18.0. The lowest BCUT2D eigenvalue weighted by atomic mass is 10.1. The van der Waals surface area contributed by atoms with Crippen molar-refractivity contribution in [1.29, 1.82) is 0 Å². The van der Waals surface area contributed by atoms with E-state index in [0.29, 0.717) is 11.6 Å². The van der Waals surface area contributed by atoms with Gasteiger partial charge in [0.1, 0.15) is 11.8 Å². The molecule has 4 rings (SSSR count). The molecule has 1 aliphatic rings. The molecule has 0 aliphatic heterocycles. The van der Waals surface area contributed by atoms with E-state index >= 15 is 0 Å². The number of aromatic nitrogens is 4. The number of carbonyl (C=O) groups excluding carboxylic acids is 1. The Bertz CT molecular complexity index is 1230. The van der Waals surface area contributed by atoms with Crippen LogP contribution in [0.4, 0.5) is 0 Å². The van der Waals surface area contributed by atoms with Gasteiger partial charge in [0.05, 0.1) is 25.0 Å². The Morgan fingerprint density at radius 1 is 1.06 bits per heavy atom. The summed E-state index contributed by atoms with van der Waals surface area (Å²) in [5.41, 5.74) is 1.75. The number of hydrogen-bond donors (Lipinski definition) is 1. The lowest BCUT2D eigenvalue weighted by Gasteiger charge is -2.15. The van der Waals surface area contributed by atoms with Crippen molar-refractivity contribution in [3.63, 3.8) is 0 Å². The summed E-state index contributed by atoms with van der Waals surface area (Å²) in [5.74, 6) is 0.773. The Labute approximate surface area is 184 Å². The van der Waals surface area contributed by atoms with Crippen LogP contribution in [0.3, 0.4) is 0 Å². The van der Waals surface area contributed by atoms with Crippen molar-refractivity contribution in [2.24, 2.45) is 0 Å². The number of nitrogens with one attached hydrogen (secondary N) is 1. The van der Waals surface area contributed by atoms with Crippen molar-refractivity contribution in [2.75, 3.05) is 13.7 Å². The summed E-state index contributed by atoms with van der Waals surface area (Å²) in [6.45, 7) is 2.03. The average Bonchev–Trinajstić information content (AvgIpc) is 3.66. The number of nitrogens with zero attached hydrogens (tertiary/aromatic N) is 4. The minimum Gasteiger partial charge on any atom is -0.497 e. The van der Waals surface area contributed by atoms with E-state index in [0.717, 1.165) is 29.8 Å². The SMILES string of the molecule is COc1ccc(-c2ccc(=O)n(CCNC(=O)C(C)n3nc(C4CC4)ccc3=O)n2)cc1. The molecule has 1 unspecified atom stereocenters. The fourth-order valence-corrected chi connectivity index (χ4v) is 3.38. The maximum absolute atomic E-state index is 12.6. The number of benzene rings is 1. The maximum Gasteiger partial charge on any atom is 0.267 e. The van der Waals surface area contributed by atoms with E-state index < -0.39 is 6.04 Å². The summed E-state index contributed by atoms with van der Waals surface area (Å²) >= 11 is 0. The average molecular weight is 435 g/mol. The molecule has 9 nitrogen and oxygen atoms in total. The van der Waals surface area contributed by atoms with E-state index in [1.807, 2.05) is 24.3 Å². The first-order valence-corrected chi connectivity index (χ1v) is 10.6. The normalized spacial score (nSPS) is 14.1. The summed E-state index contributed by atoms with van der Waals surface area (Å²) < 4.78 is 7.69. The van der Waals surface area contributed by atoms with Crippen LogP contribution in [-0.2, 0) is 11.3 Å². The molecule has 9 heteroatoms. The first-order valence-electron chi connectivity index (χ1n) is 10.6. The van der Waals surface area contributed by atoms with E-state index in [2.05, 4.69) is 15.5 Å². The van der Waals surface area contributed by atoms with E-state index in [1.54, 1.807) is 26.2 Å². The van der Waals surface area contributed by atoms with Crippen LogP contribution in [0, 0.1) is 0 Å². The van der Waals surface area contributed by atoms with E-state index in [4.69, 9.17) is 4.74 Å². The lowest BCUT2D eigenvalue weighted by Crippen LogP contribution is -2.39. The van der Waals surface area contributed by atoms with Crippen LogP contribution in [0.1, 0.15) is 37.4 Å². The number of carbonyl (C=O) groups is 1. The van der Waals surface area contributed by atoms with Gasteiger partial charge in [0.25, 0.3) is 11.1 Å². The van der Waals surface area contributed by atoms with Crippen molar-refractivity contribution in [2.45, 2.75) is 38.3 Å². The van der Waals surface area contributed by atoms with Gasteiger partial charge in [0, 0.05) is 30.2 Å². The van der Waals surface area contributed by atoms with Gasteiger partial charge in [0.2, 0.25) is 5.91 Å². The minimum atomic E-state index is -0.753. The second kappa shape index (κ2) is 9.17. The fourth-order valence-electron chi connectivity index (χ4n) is 3.38. The molecule has 32 heavy (non-hydrogen) atoms. The van der Waals surface area contributed by atoms with Crippen molar-refractivity contribution in [3.05, 3.63) is 74.9 Å². The summed E-state index contributed by atoms with van der Waals surface area (Å²) in [6, 6.07) is 12.9. The van der Waals surface area contributed by atoms with E-state index in [9.17, 15) is 14.4 Å². The van der Waals surface area contributed by atoms with Crippen molar-refractivity contribution in [3.8, 4) is 17.0 Å². The second-order valence-corrected chi connectivity index (χ2v) is 7.79. The third-order valence-corrected chi connectivity index (χ3v) is 5.46. The molecular weight excluding hydrogens is 410 g/mol. The molecule has 0 spiro atoms. The highest BCUT2D eigenvalue weighted by Gasteiger charge is 2.27. The molecule has 2 heterocycles. The highest BCUT2D eigenvalue weighted by atomic mass is 16.5. The van der Waals surface area contributed by atoms with Gasteiger partial charge < -0.3 is 10.1 Å². The van der Waals surface area contributed by atoms with Gasteiger partial charge in [-0.3, -0.25) is 14.4 Å². The van der Waals surface area contributed by atoms with Gasteiger partial charge in [-0.05, 0) is 56.2 Å². The quantitative estimate of drug-likeness (QED) is 0.577. The Hall–Kier alpha value is -3.75. The standard InChI is InChI=1S/C23H25N5O4/c1-15(28-22(30)12-10-20(26-28)16-3-4-16)23(31)24-13-14-27-21(29)11-9-19(25-27)17-5-7-18(32-2)8-6-17/h5-12,15-16H,3-4,13-14H2,1-2H3,(H,24,31). The Morgan fingerprint density at radius 2 is 1.78 bits per heavy atom. The number of ether oxygens (including phenoxy) is 1. The zero-order valence-electron chi connectivity index (χ0n) is 18.0. The lowest BCUT2D eigenvalue weighted by molar-refractivity contribution is -0.124. The van der Waals surface area contributed by atoms with Crippen LogP contribution in [0.15, 0.2) is 58.1 Å². The summed E-state index contributed by atoms with van der Waals surface area (Å²) in [6.07, 6.45) is 2.12. The first kappa shape index (κ1) is 21.5. The van der Waals surface area contributed by atoms with E-state index in [-0.39, 0.29) is 30.1 Å². The van der Waals surface area contributed by atoms with Crippen molar-refractivity contribution >= 4 is 5.91 Å². The minimum absolute atomic E-state index is 0.194. The van der Waals surface area contributed by atoms with Crippen LogP contribution in [0.5, 0.6) is 5.75 Å². The molecule has 2 aromatic heterocycles. The Morgan fingerprint density at radius 3 is 2.47 bits per heavy atom. The highest BCUT2D eigenvalue weighted by Crippen LogP contribution is 2.38. The molecule has 1 aromatic carbocycles. The molecule has 1 fully saturated rings. The topological polar surface area (TPSA) is 108 Å². The number of hydrogen-bond acceptors (Lipinski definition) is 6. The first-order chi connectivity index (χ1) is 15.5. The molecule has 0 saturated heterocycles. The Balaban J connectivity index is 1.40. The van der Waals surface area contributed by atoms with Crippen molar-refractivity contribution < 1.29 is 9.53 Å². The van der Waals surface area contributed by atoms with Gasteiger partial charge >= 0.3 is 0 Å². The predicted octanol–water partition coefficient (Wildman–Crippen LogP) is 1.73. The Kier molecular flexibility index (Phi) is 6.16. The third kappa shape index (κ3) is 4.77. The molecule has 1 saturated carbocycles. The summed E-state index contributed by atoms with van der Waals surface area (Å²) in [4.78, 5) is 37.0. The number of rotatable bonds is 8. The van der Waals surface area contributed by atoms with Gasteiger partial charge in [0.15, 0.2) is 0 Å². The van der Waals surface area contributed by atoms with Crippen molar-refractivity contribution in [1.82, 2.24) is 24.9 Å². The molecular formula is C23H25N5O4. The second-order valence-electron chi connectivity index (χ2n) is 7.79. The predicted molar refractivity (Wildman–Crippen MR) is 119 cm³/mol. The molecule has 1 N–H and O–H groups in total. The molecule has 0 bridgehead atoms. The summed E-state index contributed by atoms with van der Waals surface area (Å²) in [5, 5.41) is 11.5. The molecule has 1 amide bonds. The number of amides is 1. The molecule has 1 aliphatic carbocycles. The molecule has 166 valence electrons. The van der Waals surface area contributed by atoms with Gasteiger partial charge in [-0.2, -0.15) is 10.2 Å². The molecule has 3 aromatic rings. The third-order valence-electron chi connectivity index (χ3n) is 5.46. The summed E-state index contributed by atoms with van der Waals surface area (Å²) in [7, 11) is 1.60. The van der Waals surface area contributed by atoms with Gasteiger partial charge in [-0.1, -0.05) is 0 Å². The molecule has 0 radical (unpaired) electrons. The monoisotopic (exact) mass is 435 g/mol. The van der Waals surface area contributed by atoms with Crippen LogP contribution in [0.25, 0.3) is 11.3 Å². The number of methoxy groups -OCH3 is 1. The highest BCUT2D eigenvalue weighted by molar-refractivity contribution is 5.79. The fraction of sp³-hybridized carbons (Fsp3) is 0.348. The zero-order chi connectivity index (χ0) is 22.7. The van der Waals surface area contributed by atoms with Crippen LogP contribution in [-0.4, -0.2) is 39.1 Å². The van der Waals surface area contributed by atoms with Crippen LogP contribution >= 0.6 is 0 Å². The van der Waals surface area contributed by atoms with Crippen LogP contribution in [0.2, 0.25) is 0 Å². The largest absolute Gasteiger partial charge is 0.497 e. The van der Waals surface area contributed by atoms with Crippen LogP contribution < -0.4 is 21.2 Å². The van der Waals surface area contributed by atoms with E-state index in [1.165, 1.54) is 21.5 Å². The molecule has 1 atom stereocenters. The smallest absolute Gasteiger partial charge is 0.267 e.